The van der Waals surface area contributed by atoms with E-state index < -0.39 is 0 Å². The number of hydrogen-bond acceptors (Lipinski definition) is 0. The molecule has 0 aliphatic rings. The van der Waals surface area contributed by atoms with Crippen LogP contribution in [0.15, 0.2) is 22.7 Å². The zero-order valence-corrected chi connectivity index (χ0v) is 11.2. The number of rotatable bonds is 3. The predicted molar refractivity (Wildman–Crippen MR) is 67.1 cm³/mol. The van der Waals surface area contributed by atoms with Crippen LogP contribution in [0, 0.1) is 0 Å². The van der Waals surface area contributed by atoms with Crippen LogP contribution in [-0.4, -0.2) is 0 Å². The van der Waals surface area contributed by atoms with Crippen molar-refractivity contribution >= 4 is 27.5 Å². The van der Waals surface area contributed by atoms with Crippen LogP contribution >= 0.6 is 27.5 Å². The Morgan fingerprint density at radius 3 is 2.50 bits per heavy atom. The van der Waals surface area contributed by atoms with Crippen LogP contribution in [0.1, 0.15) is 39.2 Å². The number of halogens is 2. The van der Waals surface area contributed by atoms with Gasteiger partial charge in [-0.3, -0.25) is 0 Å². The van der Waals surface area contributed by atoms with Gasteiger partial charge >= 0.3 is 0 Å². The molecule has 0 saturated heterocycles. The summed E-state index contributed by atoms with van der Waals surface area (Å²) in [4.78, 5) is 0. The molecule has 1 aromatic rings. The van der Waals surface area contributed by atoms with Gasteiger partial charge in [0.1, 0.15) is 0 Å². The quantitative estimate of drug-likeness (QED) is 0.713. The average molecular weight is 276 g/mol. The molecule has 0 aromatic heterocycles. The summed E-state index contributed by atoms with van der Waals surface area (Å²) in [6.45, 7) is 6.73. The Morgan fingerprint density at radius 1 is 1.36 bits per heavy atom. The smallest absolute Gasteiger partial charge is 0.0551 e. The zero-order valence-electron chi connectivity index (χ0n) is 8.90. The molecule has 0 fully saturated rings. The molecule has 0 unspecified atom stereocenters. The molecule has 0 heterocycles. The third-order valence-electron chi connectivity index (χ3n) is 2.58. The van der Waals surface area contributed by atoms with Crippen molar-refractivity contribution in [2.24, 2.45) is 0 Å². The minimum atomic E-state index is 0.221. The lowest BCUT2D eigenvalue weighted by molar-refractivity contribution is 0.473. The summed E-state index contributed by atoms with van der Waals surface area (Å²) in [7, 11) is 0. The lowest BCUT2D eigenvalue weighted by Gasteiger charge is -2.25. The molecule has 0 atom stereocenters. The first-order valence-electron chi connectivity index (χ1n) is 4.93. The standard InChI is InChI=1S/C12H16BrCl/c1-4-7-12(2,3)9-5-6-10(13)11(14)8-9/h5-6,8H,4,7H2,1-3H3. The Labute approximate surface area is 99.8 Å². The molecule has 0 bridgehead atoms. The molecule has 1 aromatic carbocycles. The first-order chi connectivity index (χ1) is 6.47. The Balaban J connectivity index is 3.01. The fourth-order valence-corrected chi connectivity index (χ4v) is 2.11. The van der Waals surface area contributed by atoms with Crippen LogP contribution in [0.5, 0.6) is 0 Å². The van der Waals surface area contributed by atoms with Gasteiger partial charge in [0.2, 0.25) is 0 Å². The maximum Gasteiger partial charge on any atom is 0.0551 e. The van der Waals surface area contributed by atoms with Crippen molar-refractivity contribution in [3.63, 3.8) is 0 Å². The van der Waals surface area contributed by atoms with Crippen LogP contribution in [0.2, 0.25) is 5.02 Å². The monoisotopic (exact) mass is 274 g/mol. The maximum absolute atomic E-state index is 6.07. The van der Waals surface area contributed by atoms with Crippen molar-refractivity contribution < 1.29 is 0 Å². The molecule has 0 amide bonds. The van der Waals surface area contributed by atoms with Crippen molar-refractivity contribution in [2.75, 3.05) is 0 Å². The third-order valence-corrected chi connectivity index (χ3v) is 3.81. The normalized spacial score (nSPS) is 11.8. The molecule has 0 N–H and O–H groups in total. The van der Waals surface area contributed by atoms with Crippen LogP contribution in [0.25, 0.3) is 0 Å². The van der Waals surface area contributed by atoms with Crippen LogP contribution in [-0.2, 0) is 5.41 Å². The fraction of sp³-hybridized carbons (Fsp3) is 0.500. The topological polar surface area (TPSA) is 0 Å². The summed E-state index contributed by atoms with van der Waals surface area (Å²) in [5.41, 5.74) is 1.53. The largest absolute Gasteiger partial charge is 0.0831 e. The molecule has 0 aliphatic carbocycles. The van der Waals surface area contributed by atoms with Gasteiger partial charge in [0.05, 0.1) is 5.02 Å². The summed E-state index contributed by atoms with van der Waals surface area (Å²) < 4.78 is 0.968. The Bertz CT molecular complexity index is 318. The summed E-state index contributed by atoms with van der Waals surface area (Å²) >= 11 is 9.48. The first-order valence-corrected chi connectivity index (χ1v) is 6.10. The SMILES string of the molecule is CCCC(C)(C)c1ccc(Br)c(Cl)c1. The van der Waals surface area contributed by atoms with Crippen molar-refractivity contribution in [3.05, 3.63) is 33.3 Å². The Hall–Kier alpha value is -0.0100. The van der Waals surface area contributed by atoms with Gasteiger partial charge in [0.25, 0.3) is 0 Å². The summed E-state index contributed by atoms with van der Waals surface area (Å²) in [6, 6.07) is 6.22. The second-order valence-corrected chi connectivity index (χ2v) is 5.52. The van der Waals surface area contributed by atoms with Crippen LogP contribution in [0.4, 0.5) is 0 Å². The molecule has 0 radical (unpaired) electrons. The van der Waals surface area contributed by atoms with E-state index in [2.05, 4.69) is 48.8 Å². The summed E-state index contributed by atoms with van der Waals surface area (Å²) in [5, 5.41) is 0.798. The highest BCUT2D eigenvalue weighted by Crippen LogP contribution is 2.32. The van der Waals surface area contributed by atoms with E-state index in [1.165, 1.54) is 18.4 Å². The highest BCUT2D eigenvalue weighted by atomic mass is 79.9. The molecular weight excluding hydrogens is 259 g/mol. The second kappa shape index (κ2) is 4.67. The van der Waals surface area contributed by atoms with Gasteiger partial charge in [-0.1, -0.05) is 44.9 Å². The molecule has 0 aliphatic heterocycles. The Kier molecular flexibility index (Phi) is 4.03. The molecule has 78 valence electrons. The van der Waals surface area contributed by atoms with Gasteiger partial charge < -0.3 is 0 Å². The summed E-state index contributed by atoms with van der Waals surface area (Å²) in [5.74, 6) is 0. The van der Waals surface area contributed by atoms with Crippen LogP contribution in [0.3, 0.4) is 0 Å². The second-order valence-electron chi connectivity index (χ2n) is 4.26. The molecule has 2 heteroatoms. The molecule has 14 heavy (non-hydrogen) atoms. The van der Waals surface area contributed by atoms with E-state index in [9.17, 15) is 0 Å². The van der Waals surface area contributed by atoms with Gasteiger partial charge in [-0.2, -0.15) is 0 Å². The van der Waals surface area contributed by atoms with Gasteiger partial charge in [0, 0.05) is 4.47 Å². The van der Waals surface area contributed by atoms with Crippen molar-refractivity contribution in [1.82, 2.24) is 0 Å². The van der Waals surface area contributed by atoms with Crippen molar-refractivity contribution in [3.8, 4) is 0 Å². The van der Waals surface area contributed by atoms with Gasteiger partial charge in [-0.05, 0) is 45.5 Å². The summed E-state index contributed by atoms with van der Waals surface area (Å²) in [6.07, 6.45) is 2.38. The molecule has 0 saturated carbocycles. The zero-order chi connectivity index (χ0) is 10.8. The van der Waals surface area contributed by atoms with Crippen LogP contribution < -0.4 is 0 Å². The highest BCUT2D eigenvalue weighted by molar-refractivity contribution is 9.10. The van der Waals surface area contributed by atoms with E-state index in [4.69, 9.17) is 11.6 Å². The molecular formula is C12H16BrCl. The number of benzene rings is 1. The number of hydrogen-bond donors (Lipinski definition) is 0. The van der Waals surface area contributed by atoms with Crippen molar-refractivity contribution in [1.29, 1.82) is 0 Å². The average Bonchev–Trinajstić information content (AvgIpc) is 2.09. The lowest BCUT2D eigenvalue weighted by Crippen LogP contribution is -2.16. The lowest BCUT2D eigenvalue weighted by atomic mass is 9.81. The highest BCUT2D eigenvalue weighted by Gasteiger charge is 2.19. The Morgan fingerprint density at radius 2 is 2.00 bits per heavy atom. The third kappa shape index (κ3) is 2.74. The predicted octanol–water partition coefficient (Wildman–Crippen LogP) is 5.18. The molecule has 0 nitrogen and oxygen atoms in total. The van der Waals surface area contributed by atoms with Gasteiger partial charge in [-0.25, -0.2) is 0 Å². The van der Waals surface area contributed by atoms with Gasteiger partial charge in [-0.15, -0.1) is 0 Å². The molecule has 1 rings (SSSR count). The van der Waals surface area contributed by atoms with Gasteiger partial charge in [0.15, 0.2) is 0 Å². The maximum atomic E-state index is 6.07. The van der Waals surface area contributed by atoms with E-state index in [0.717, 1.165) is 9.50 Å². The van der Waals surface area contributed by atoms with E-state index in [1.807, 2.05) is 6.07 Å². The molecule has 0 spiro atoms. The van der Waals surface area contributed by atoms with Crippen molar-refractivity contribution in [2.45, 2.75) is 39.0 Å². The van der Waals surface area contributed by atoms with E-state index >= 15 is 0 Å². The fourth-order valence-electron chi connectivity index (χ4n) is 1.69. The van der Waals surface area contributed by atoms with E-state index in [0.29, 0.717) is 0 Å². The van der Waals surface area contributed by atoms with E-state index in [1.54, 1.807) is 0 Å². The minimum Gasteiger partial charge on any atom is -0.0831 e. The minimum absolute atomic E-state index is 0.221. The van der Waals surface area contributed by atoms with E-state index in [-0.39, 0.29) is 5.41 Å². The first kappa shape index (κ1) is 12.1.